The van der Waals surface area contributed by atoms with Crippen LogP contribution in [-0.4, -0.2) is 30.1 Å². The number of hydrogen-bond donors (Lipinski definition) is 1. The number of carbonyl (C=O) groups excluding carboxylic acids is 2. The van der Waals surface area contributed by atoms with Gasteiger partial charge in [-0.15, -0.1) is 0 Å². The molecule has 0 aliphatic carbocycles. The van der Waals surface area contributed by atoms with Gasteiger partial charge in [-0.1, -0.05) is 12.1 Å². The van der Waals surface area contributed by atoms with E-state index in [4.69, 9.17) is 9.47 Å². The molecule has 0 spiro atoms. The standard InChI is InChI=1S/C16H16N2O4/c1-11(22-16(20)12-7-9-17-10-8-12)15(19)18-13-5-3-4-6-14(13)21-2/h3-11H,1-2H3,(H,18,19). The summed E-state index contributed by atoms with van der Waals surface area (Å²) in [4.78, 5) is 27.8. The lowest BCUT2D eigenvalue weighted by Gasteiger charge is -2.15. The van der Waals surface area contributed by atoms with Gasteiger partial charge in [0.2, 0.25) is 0 Å². The Morgan fingerprint density at radius 3 is 2.50 bits per heavy atom. The number of anilines is 1. The highest BCUT2D eigenvalue weighted by molar-refractivity contribution is 5.98. The van der Waals surface area contributed by atoms with Crippen molar-refractivity contribution in [2.75, 3.05) is 12.4 Å². The Morgan fingerprint density at radius 2 is 1.82 bits per heavy atom. The van der Waals surface area contributed by atoms with Crippen molar-refractivity contribution in [1.82, 2.24) is 4.98 Å². The number of hydrogen-bond acceptors (Lipinski definition) is 5. The van der Waals surface area contributed by atoms with Gasteiger partial charge < -0.3 is 14.8 Å². The number of pyridine rings is 1. The van der Waals surface area contributed by atoms with E-state index in [2.05, 4.69) is 10.3 Å². The molecule has 0 bridgehead atoms. The average molecular weight is 300 g/mol. The summed E-state index contributed by atoms with van der Waals surface area (Å²) in [5.41, 5.74) is 0.855. The molecule has 1 N–H and O–H groups in total. The number of ether oxygens (including phenoxy) is 2. The van der Waals surface area contributed by atoms with Crippen LogP contribution in [0.3, 0.4) is 0 Å². The molecule has 1 unspecified atom stereocenters. The number of methoxy groups -OCH3 is 1. The fourth-order valence-electron chi connectivity index (χ4n) is 1.75. The number of para-hydroxylation sites is 2. The molecule has 6 nitrogen and oxygen atoms in total. The van der Waals surface area contributed by atoms with E-state index in [0.29, 0.717) is 17.0 Å². The van der Waals surface area contributed by atoms with Gasteiger partial charge in [-0.05, 0) is 31.2 Å². The molecule has 114 valence electrons. The highest BCUT2D eigenvalue weighted by Crippen LogP contribution is 2.23. The fraction of sp³-hybridized carbons (Fsp3) is 0.188. The lowest BCUT2D eigenvalue weighted by atomic mass is 10.2. The maximum atomic E-state index is 12.1. The zero-order valence-electron chi connectivity index (χ0n) is 12.3. The molecule has 1 atom stereocenters. The lowest BCUT2D eigenvalue weighted by Crippen LogP contribution is -2.30. The summed E-state index contributed by atoms with van der Waals surface area (Å²) in [5, 5.41) is 2.66. The molecule has 1 heterocycles. The van der Waals surface area contributed by atoms with E-state index in [1.165, 1.54) is 38.6 Å². The summed E-state index contributed by atoms with van der Waals surface area (Å²) in [7, 11) is 1.51. The lowest BCUT2D eigenvalue weighted by molar-refractivity contribution is -0.123. The summed E-state index contributed by atoms with van der Waals surface area (Å²) < 4.78 is 10.3. The molecular weight excluding hydrogens is 284 g/mol. The second-order valence-electron chi connectivity index (χ2n) is 4.47. The monoisotopic (exact) mass is 300 g/mol. The minimum absolute atomic E-state index is 0.340. The fourth-order valence-corrected chi connectivity index (χ4v) is 1.75. The molecule has 1 amide bonds. The van der Waals surface area contributed by atoms with Crippen LogP contribution >= 0.6 is 0 Å². The quantitative estimate of drug-likeness (QED) is 0.857. The largest absolute Gasteiger partial charge is 0.495 e. The number of carbonyl (C=O) groups is 2. The first-order valence-corrected chi connectivity index (χ1v) is 6.66. The maximum Gasteiger partial charge on any atom is 0.339 e. The predicted molar refractivity (Wildman–Crippen MR) is 80.7 cm³/mol. The van der Waals surface area contributed by atoms with Crippen LogP contribution in [0.5, 0.6) is 5.75 Å². The second kappa shape index (κ2) is 7.21. The zero-order valence-corrected chi connectivity index (χ0v) is 12.3. The zero-order chi connectivity index (χ0) is 15.9. The highest BCUT2D eigenvalue weighted by atomic mass is 16.5. The van der Waals surface area contributed by atoms with Crippen LogP contribution in [0.15, 0.2) is 48.8 Å². The van der Waals surface area contributed by atoms with Crippen molar-refractivity contribution in [2.45, 2.75) is 13.0 Å². The van der Waals surface area contributed by atoms with Crippen molar-refractivity contribution in [1.29, 1.82) is 0 Å². The molecular formula is C16H16N2O4. The van der Waals surface area contributed by atoms with Crippen molar-refractivity contribution in [2.24, 2.45) is 0 Å². The highest BCUT2D eigenvalue weighted by Gasteiger charge is 2.19. The number of nitrogens with zero attached hydrogens (tertiary/aromatic N) is 1. The molecule has 0 aliphatic rings. The van der Waals surface area contributed by atoms with Gasteiger partial charge in [0.25, 0.3) is 5.91 Å². The Hall–Kier alpha value is -2.89. The van der Waals surface area contributed by atoms with Crippen molar-refractivity contribution >= 4 is 17.6 Å². The summed E-state index contributed by atoms with van der Waals surface area (Å²) in [6.07, 6.45) is 2.03. The molecule has 0 saturated heterocycles. The molecule has 0 radical (unpaired) electrons. The van der Waals surface area contributed by atoms with Gasteiger partial charge in [0.05, 0.1) is 18.4 Å². The number of amides is 1. The van der Waals surface area contributed by atoms with E-state index in [1.807, 2.05) is 0 Å². The van der Waals surface area contributed by atoms with Crippen LogP contribution in [0, 0.1) is 0 Å². The van der Waals surface area contributed by atoms with Gasteiger partial charge in [-0.25, -0.2) is 4.79 Å². The summed E-state index contributed by atoms with van der Waals surface area (Å²) in [6, 6.07) is 10.0. The molecule has 0 fully saturated rings. The summed E-state index contributed by atoms with van der Waals surface area (Å²) in [6.45, 7) is 1.50. The van der Waals surface area contributed by atoms with Crippen molar-refractivity contribution in [3.8, 4) is 5.75 Å². The molecule has 0 aliphatic heterocycles. The van der Waals surface area contributed by atoms with E-state index in [0.717, 1.165) is 0 Å². The average Bonchev–Trinajstić information content (AvgIpc) is 2.56. The first-order valence-electron chi connectivity index (χ1n) is 6.66. The van der Waals surface area contributed by atoms with Gasteiger partial charge in [-0.3, -0.25) is 9.78 Å². The van der Waals surface area contributed by atoms with Gasteiger partial charge in [-0.2, -0.15) is 0 Å². The molecule has 6 heteroatoms. The minimum Gasteiger partial charge on any atom is -0.495 e. The van der Waals surface area contributed by atoms with Crippen LogP contribution < -0.4 is 10.1 Å². The van der Waals surface area contributed by atoms with E-state index < -0.39 is 18.0 Å². The Morgan fingerprint density at radius 1 is 1.14 bits per heavy atom. The van der Waals surface area contributed by atoms with Crippen LogP contribution in [0.25, 0.3) is 0 Å². The van der Waals surface area contributed by atoms with Crippen molar-refractivity contribution in [3.05, 3.63) is 54.4 Å². The molecule has 22 heavy (non-hydrogen) atoms. The van der Waals surface area contributed by atoms with Gasteiger partial charge in [0.15, 0.2) is 6.10 Å². The van der Waals surface area contributed by atoms with Crippen LogP contribution in [0.1, 0.15) is 17.3 Å². The number of benzene rings is 1. The minimum atomic E-state index is -0.939. The Labute approximate surface area is 128 Å². The molecule has 0 saturated carbocycles. The van der Waals surface area contributed by atoms with E-state index in [1.54, 1.807) is 24.3 Å². The molecule has 2 rings (SSSR count). The third kappa shape index (κ3) is 3.82. The number of rotatable bonds is 5. The van der Waals surface area contributed by atoms with Crippen LogP contribution in [0.2, 0.25) is 0 Å². The van der Waals surface area contributed by atoms with Gasteiger partial charge in [0.1, 0.15) is 5.75 Å². The molecule has 2 aromatic rings. The van der Waals surface area contributed by atoms with E-state index in [-0.39, 0.29) is 0 Å². The van der Waals surface area contributed by atoms with Crippen molar-refractivity contribution < 1.29 is 19.1 Å². The topological polar surface area (TPSA) is 77.5 Å². The molecule has 1 aromatic heterocycles. The van der Waals surface area contributed by atoms with Crippen LogP contribution in [0.4, 0.5) is 5.69 Å². The summed E-state index contributed by atoms with van der Waals surface area (Å²) in [5.74, 6) is -0.486. The van der Waals surface area contributed by atoms with Crippen LogP contribution in [-0.2, 0) is 9.53 Å². The first kappa shape index (κ1) is 15.5. The smallest absolute Gasteiger partial charge is 0.339 e. The van der Waals surface area contributed by atoms with E-state index in [9.17, 15) is 9.59 Å². The van der Waals surface area contributed by atoms with Gasteiger partial charge in [0, 0.05) is 12.4 Å². The predicted octanol–water partition coefficient (Wildman–Crippen LogP) is 2.27. The normalized spacial score (nSPS) is 11.4. The Bertz CT molecular complexity index is 658. The Balaban J connectivity index is 1.99. The first-order chi connectivity index (χ1) is 10.6. The number of esters is 1. The Kier molecular flexibility index (Phi) is 5.08. The third-order valence-corrected chi connectivity index (χ3v) is 2.93. The maximum absolute atomic E-state index is 12.1. The third-order valence-electron chi connectivity index (χ3n) is 2.93. The second-order valence-corrected chi connectivity index (χ2v) is 4.47. The summed E-state index contributed by atoms with van der Waals surface area (Å²) >= 11 is 0. The number of aromatic nitrogens is 1. The van der Waals surface area contributed by atoms with Gasteiger partial charge >= 0.3 is 5.97 Å². The SMILES string of the molecule is COc1ccccc1NC(=O)C(C)OC(=O)c1ccncc1. The van der Waals surface area contributed by atoms with E-state index >= 15 is 0 Å². The molecule has 1 aromatic carbocycles. The van der Waals surface area contributed by atoms with Crippen molar-refractivity contribution in [3.63, 3.8) is 0 Å². The number of nitrogens with one attached hydrogen (secondary N) is 1.